The van der Waals surface area contributed by atoms with Crippen LogP contribution in [-0.2, 0) is 65.4 Å². The molecule has 0 rings (SSSR count). The lowest BCUT2D eigenvalue weighted by atomic mass is 10.1. The van der Waals surface area contributed by atoms with Gasteiger partial charge in [0.15, 0.2) is 6.10 Å². The standard InChI is InChI=1S/C81H138O17P2/c1-3-5-7-9-11-13-15-17-19-21-23-29-35-41-47-53-59-65-80(85)93-74-79(98-81(86)66-60-54-48-42-36-30-24-22-20-18-16-14-12-10-8-6-4-2)76-97-100(89,90)95-72-77(84)71-94-99(87,88)96-75-78(92-70-64-58-52-46-40-34-28-26-32-38-44-50-56-62-68-83)73-91-69-63-57-51-45-39-33-27-25-31-37-43-49-55-61-67-82/h11-14,17-20,23-30,41-42,47-48,67-68,77-79,84H,3-10,15-16,21-22,31-40,43-46,49-66,69-76H2,1-2H3,(H,87,88)(H,89,90)/b13-11-,14-12-,19-17-,20-18-,27-25-,28-26-,29-23-,30-24-,47-41-,48-42-/t77-,78+,79+/m0/s1. The Hall–Kier alpha value is -4.22. The molecular formula is C81H138O17P2. The smallest absolute Gasteiger partial charge is 0.462 e. The molecule has 0 saturated carbocycles. The van der Waals surface area contributed by atoms with E-state index < -0.39 is 72.3 Å². The molecule has 2 unspecified atom stereocenters. The molecule has 0 aromatic carbocycles. The number of phosphoric ester groups is 2. The number of aliphatic hydroxyl groups is 1. The third-order valence-corrected chi connectivity index (χ3v) is 17.8. The van der Waals surface area contributed by atoms with E-state index in [1.165, 1.54) is 38.5 Å². The summed E-state index contributed by atoms with van der Waals surface area (Å²) in [7, 11) is -9.73. The first-order chi connectivity index (χ1) is 48.9. The molecule has 0 aliphatic carbocycles. The second-order valence-corrected chi connectivity index (χ2v) is 28.4. The number of carbonyl (C=O) groups is 4. The van der Waals surface area contributed by atoms with Crippen LogP contribution in [0.2, 0.25) is 0 Å². The topological polar surface area (TPSA) is 237 Å². The Labute approximate surface area is 606 Å². The lowest BCUT2D eigenvalue weighted by Crippen LogP contribution is -2.30. The van der Waals surface area contributed by atoms with Crippen molar-refractivity contribution in [2.75, 3.05) is 52.9 Å². The van der Waals surface area contributed by atoms with Crippen molar-refractivity contribution >= 4 is 40.2 Å². The number of unbranched alkanes of at least 4 members (excludes halogenated alkanes) is 28. The zero-order chi connectivity index (χ0) is 72.9. The molecule has 19 heteroatoms. The van der Waals surface area contributed by atoms with Gasteiger partial charge >= 0.3 is 27.6 Å². The van der Waals surface area contributed by atoms with Crippen LogP contribution in [0.1, 0.15) is 296 Å². The van der Waals surface area contributed by atoms with Crippen LogP contribution >= 0.6 is 15.6 Å². The van der Waals surface area contributed by atoms with E-state index in [0.717, 1.165) is 205 Å². The number of esters is 2. The molecule has 0 saturated heterocycles. The molecule has 100 heavy (non-hydrogen) atoms. The molecule has 17 nitrogen and oxygen atoms in total. The third kappa shape index (κ3) is 75.0. The molecule has 574 valence electrons. The highest BCUT2D eigenvalue weighted by molar-refractivity contribution is 7.47. The van der Waals surface area contributed by atoms with Gasteiger partial charge < -0.3 is 43.4 Å². The second kappa shape index (κ2) is 75.9. The molecule has 0 fully saturated rings. The van der Waals surface area contributed by atoms with Gasteiger partial charge in [-0.05, 0) is 167 Å². The van der Waals surface area contributed by atoms with Crippen molar-refractivity contribution in [2.24, 2.45) is 0 Å². The van der Waals surface area contributed by atoms with E-state index in [9.17, 15) is 43.2 Å². The molecule has 5 atom stereocenters. The van der Waals surface area contributed by atoms with Crippen molar-refractivity contribution in [1.29, 1.82) is 0 Å². The predicted molar refractivity (Wildman–Crippen MR) is 409 cm³/mol. The number of phosphoric acid groups is 2. The van der Waals surface area contributed by atoms with E-state index >= 15 is 0 Å². The van der Waals surface area contributed by atoms with Crippen LogP contribution in [0.3, 0.4) is 0 Å². The summed E-state index contributed by atoms with van der Waals surface area (Å²) in [5.74, 6) is -1.17. The Balaban J connectivity index is 5.34. The first-order valence-corrected chi connectivity index (χ1v) is 41.7. The number of allylic oxidation sites excluding steroid dienone is 20. The number of ether oxygens (including phenoxy) is 4. The summed E-state index contributed by atoms with van der Waals surface area (Å²) in [4.78, 5) is 68.0. The fourth-order valence-corrected chi connectivity index (χ4v) is 11.5. The molecule has 0 radical (unpaired) electrons. The van der Waals surface area contributed by atoms with Gasteiger partial charge in [-0.3, -0.25) is 27.7 Å². The molecule has 0 bridgehead atoms. The minimum absolute atomic E-state index is 0.0255. The highest BCUT2D eigenvalue weighted by atomic mass is 31.2. The summed E-state index contributed by atoms with van der Waals surface area (Å²) in [6.45, 7) is 2.28. The van der Waals surface area contributed by atoms with Gasteiger partial charge in [0, 0.05) is 38.9 Å². The Morgan fingerprint density at radius 2 is 0.630 bits per heavy atom. The van der Waals surface area contributed by atoms with Crippen LogP contribution < -0.4 is 0 Å². The van der Waals surface area contributed by atoms with Crippen LogP contribution in [0.5, 0.6) is 0 Å². The van der Waals surface area contributed by atoms with Crippen molar-refractivity contribution in [3.63, 3.8) is 0 Å². The van der Waals surface area contributed by atoms with Crippen LogP contribution in [0.25, 0.3) is 0 Å². The third-order valence-electron chi connectivity index (χ3n) is 15.9. The summed E-state index contributed by atoms with van der Waals surface area (Å²) >= 11 is 0. The molecule has 0 aromatic rings. The summed E-state index contributed by atoms with van der Waals surface area (Å²) < 4.78 is 69.7. The van der Waals surface area contributed by atoms with E-state index in [1.54, 1.807) is 0 Å². The monoisotopic (exact) mass is 1440 g/mol. The van der Waals surface area contributed by atoms with E-state index in [1.807, 2.05) is 24.3 Å². The Kier molecular flexibility index (Phi) is 72.7. The van der Waals surface area contributed by atoms with Crippen molar-refractivity contribution in [2.45, 2.75) is 315 Å². The number of aliphatic hydroxyl groups excluding tert-OH is 1. The maximum atomic E-state index is 13.1. The highest BCUT2D eigenvalue weighted by Gasteiger charge is 2.30. The Morgan fingerprint density at radius 1 is 0.330 bits per heavy atom. The Morgan fingerprint density at radius 3 is 1.02 bits per heavy atom. The van der Waals surface area contributed by atoms with Crippen LogP contribution in [0, 0.1) is 0 Å². The van der Waals surface area contributed by atoms with E-state index in [-0.39, 0.29) is 26.1 Å². The first-order valence-electron chi connectivity index (χ1n) is 38.7. The number of hydrogen-bond acceptors (Lipinski definition) is 15. The van der Waals surface area contributed by atoms with E-state index in [2.05, 4.69) is 111 Å². The zero-order valence-corrected chi connectivity index (χ0v) is 63.9. The second-order valence-electron chi connectivity index (χ2n) is 25.5. The lowest BCUT2D eigenvalue weighted by Gasteiger charge is -2.21. The molecule has 3 N–H and O–H groups in total. The van der Waals surface area contributed by atoms with Crippen molar-refractivity contribution < 1.29 is 80.2 Å². The fourth-order valence-electron chi connectivity index (χ4n) is 9.97. The van der Waals surface area contributed by atoms with Gasteiger partial charge in [0.25, 0.3) is 0 Å². The summed E-state index contributed by atoms with van der Waals surface area (Å²) in [6.07, 6.45) is 83.2. The molecule has 0 aliphatic rings. The summed E-state index contributed by atoms with van der Waals surface area (Å²) in [5.41, 5.74) is 0. The molecule has 0 aliphatic heterocycles. The van der Waals surface area contributed by atoms with Crippen LogP contribution in [0.4, 0.5) is 0 Å². The summed E-state index contributed by atoms with van der Waals surface area (Å²) in [6, 6.07) is 0. The fraction of sp³-hybridized carbons (Fsp3) is 0.704. The molecule has 0 aromatic heterocycles. The van der Waals surface area contributed by atoms with Gasteiger partial charge in [-0.1, -0.05) is 225 Å². The number of rotatable bonds is 76. The van der Waals surface area contributed by atoms with Crippen molar-refractivity contribution in [3.8, 4) is 0 Å². The maximum absolute atomic E-state index is 13.1. The van der Waals surface area contributed by atoms with Gasteiger partial charge in [0.1, 0.15) is 31.4 Å². The van der Waals surface area contributed by atoms with E-state index in [4.69, 9.17) is 37.0 Å². The maximum Gasteiger partial charge on any atom is 0.472 e. The molecule has 0 heterocycles. The van der Waals surface area contributed by atoms with Gasteiger partial charge in [-0.25, -0.2) is 9.13 Å². The summed E-state index contributed by atoms with van der Waals surface area (Å²) in [5, 5.41) is 10.6. The SMILES string of the molecule is CCCCC/C=C\C/C=C\C/C=C\C/C=C\CCCC(=O)OC[C@H](COP(=O)(O)OC[C@@H](O)COP(=O)(O)OC[C@@H](COCCCCCCC/C=C\CCCCCCC=O)OCCCCCCC/C=C\CCCCCCC=O)OC(=O)CCC/C=C\C/C=C\C/C=C\C/C=C\CCCCC. The van der Waals surface area contributed by atoms with Gasteiger partial charge in [0.05, 0.1) is 33.0 Å². The number of hydrogen-bond donors (Lipinski definition) is 3. The van der Waals surface area contributed by atoms with Crippen molar-refractivity contribution in [3.05, 3.63) is 122 Å². The normalized spacial score (nSPS) is 14.7. The van der Waals surface area contributed by atoms with Gasteiger partial charge in [-0.15, -0.1) is 0 Å². The largest absolute Gasteiger partial charge is 0.472 e. The Bertz CT molecular complexity index is 2310. The predicted octanol–water partition coefficient (Wildman–Crippen LogP) is 21.6. The first kappa shape index (κ1) is 95.8. The average molecular weight is 1450 g/mol. The number of aldehydes is 2. The van der Waals surface area contributed by atoms with E-state index in [0.29, 0.717) is 51.7 Å². The van der Waals surface area contributed by atoms with Crippen LogP contribution in [0.15, 0.2) is 122 Å². The zero-order valence-electron chi connectivity index (χ0n) is 62.2. The molecule has 0 amide bonds. The minimum Gasteiger partial charge on any atom is -0.462 e. The quantitative estimate of drug-likeness (QED) is 0.0169. The highest BCUT2D eigenvalue weighted by Crippen LogP contribution is 2.45. The van der Waals surface area contributed by atoms with Crippen LogP contribution in [-0.4, -0.2) is 111 Å². The molecular weight excluding hydrogens is 1310 g/mol. The number of carbonyl (C=O) groups excluding carboxylic acids is 4. The van der Waals surface area contributed by atoms with Gasteiger partial charge in [0.2, 0.25) is 0 Å². The lowest BCUT2D eigenvalue weighted by molar-refractivity contribution is -0.161. The minimum atomic E-state index is -4.95. The molecule has 0 spiro atoms. The average Bonchev–Trinajstić information content (AvgIpc) is 0.994. The van der Waals surface area contributed by atoms with Crippen molar-refractivity contribution in [1.82, 2.24) is 0 Å². The van der Waals surface area contributed by atoms with Gasteiger partial charge in [-0.2, -0.15) is 0 Å².